The zero-order chi connectivity index (χ0) is 10.3. The minimum Gasteiger partial charge on any atom is -0.327 e. The lowest BCUT2D eigenvalue weighted by atomic mass is 10.0. The molecule has 1 aliphatic rings. The highest BCUT2D eigenvalue weighted by atomic mass is 15.3. The predicted molar refractivity (Wildman–Crippen MR) is 56.7 cm³/mol. The molecule has 0 aliphatic carbocycles. The van der Waals surface area contributed by atoms with Crippen LogP contribution in [0.3, 0.4) is 0 Å². The Morgan fingerprint density at radius 2 is 2.13 bits per heavy atom. The number of hydrogen-bond donors (Lipinski definition) is 1. The summed E-state index contributed by atoms with van der Waals surface area (Å²) in [6.07, 6.45) is 3.44. The third-order valence-corrected chi connectivity index (χ3v) is 2.80. The maximum atomic E-state index is 6.04. The van der Waals surface area contributed by atoms with Crippen LogP contribution in [0.15, 0.2) is 30.6 Å². The number of fused-ring (bicyclic) bond motifs is 3. The monoisotopic (exact) mass is 200 g/mol. The van der Waals surface area contributed by atoms with Gasteiger partial charge in [-0.25, -0.2) is 0 Å². The minimum atomic E-state index is 0.136. The molecular weight excluding hydrogens is 188 g/mol. The number of aromatic nitrogens is 3. The van der Waals surface area contributed by atoms with Crippen LogP contribution in [0.4, 0.5) is 0 Å². The fourth-order valence-corrected chi connectivity index (χ4v) is 2.11. The summed E-state index contributed by atoms with van der Waals surface area (Å²) < 4.78 is 2.03. The first-order valence-corrected chi connectivity index (χ1v) is 5.07. The maximum Gasteiger partial charge on any atom is 0.138 e. The molecule has 0 saturated carbocycles. The Hall–Kier alpha value is -1.68. The largest absolute Gasteiger partial charge is 0.327 e. The Morgan fingerprint density at radius 3 is 3.07 bits per heavy atom. The van der Waals surface area contributed by atoms with Crippen molar-refractivity contribution in [3.8, 4) is 5.69 Å². The molecule has 2 heterocycles. The summed E-state index contributed by atoms with van der Waals surface area (Å²) in [5.41, 5.74) is 8.47. The van der Waals surface area contributed by atoms with E-state index in [0.717, 1.165) is 24.4 Å². The van der Waals surface area contributed by atoms with Crippen molar-refractivity contribution in [3.05, 3.63) is 42.0 Å². The fourth-order valence-electron chi connectivity index (χ4n) is 2.11. The molecule has 4 nitrogen and oxygen atoms in total. The Kier molecular flexibility index (Phi) is 1.82. The SMILES string of the molecule is NC1Cc2ccccc2-n2cnnc2C1. The zero-order valence-corrected chi connectivity index (χ0v) is 8.30. The van der Waals surface area contributed by atoms with E-state index in [2.05, 4.69) is 22.3 Å². The first-order valence-electron chi connectivity index (χ1n) is 5.07. The Morgan fingerprint density at radius 1 is 1.27 bits per heavy atom. The van der Waals surface area contributed by atoms with Gasteiger partial charge in [0.25, 0.3) is 0 Å². The predicted octanol–water partition coefficient (Wildman–Crippen LogP) is 0.693. The lowest BCUT2D eigenvalue weighted by Gasteiger charge is -2.07. The van der Waals surface area contributed by atoms with E-state index in [1.165, 1.54) is 5.56 Å². The summed E-state index contributed by atoms with van der Waals surface area (Å²) in [7, 11) is 0. The number of para-hydroxylation sites is 1. The molecule has 1 atom stereocenters. The smallest absolute Gasteiger partial charge is 0.138 e. The summed E-state index contributed by atoms with van der Waals surface area (Å²) in [4.78, 5) is 0. The maximum absolute atomic E-state index is 6.04. The van der Waals surface area contributed by atoms with E-state index in [0.29, 0.717) is 0 Å². The molecular formula is C11H12N4. The molecule has 0 radical (unpaired) electrons. The van der Waals surface area contributed by atoms with Crippen LogP contribution in [0, 0.1) is 0 Å². The van der Waals surface area contributed by atoms with Gasteiger partial charge in [-0.1, -0.05) is 18.2 Å². The van der Waals surface area contributed by atoms with E-state index < -0.39 is 0 Å². The molecule has 4 heteroatoms. The molecule has 0 bridgehead atoms. The summed E-state index contributed by atoms with van der Waals surface area (Å²) in [6, 6.07) is 8.40. The second-order valence-electron chi connectivity index (χ2n) is 3.91. The Labute approximate surface area is 87.7 Å². The summed E-state index contributed by atoms with van der Waals surface area (Å²) >= 11 is 0. The van der Waals surface area contributed by atoms with Gasteiger partial charge in [0.2, 0.25) is 0 Å². The average Bonchev–Trinajstić information content (AvgIpc) is 2.62. The van der Waals surface area contributed by atoms with Crippen molar-refractivity contribution in [3.63, 3.8) is 0 Å². The summed E-state index contributed by atoms with van der Waals surface area (Å²) in [5.74, 6) is 0.951. The molecule has 2 N–H and O–H groups in total. The molecule has 1 unspecified atom stereocenters. The molecule has 15 heavy (non-hydrogen) atoms. The first-order chi connectivity index (χ1) is 7.34. The van der Waals surface area contributed by atoms with Crippen LogP contribution in [0.5, 0.6) is 0 Å². The van der Waals surface area contributed by atoms with Crippen LogP contribution < -0.4 is 5.73 Å². The lowest BCUT2D eigenvalue weighted by Crippen LogP contribution is -2.24. The van der Waals surface area contributed by atoms with E-state index in [9.17, 15) is 0 Å². The van der Waals surface area contributed by atoms with Gasteiger partial charge in [0, 0.05) is 12.5 Å². The van der Waals surface area contributed by atoms with E-state index in [1.54, 1.807) is 6.33 Å². The van der Waals surface area contributed by atoms with Gasteiger partial charge in [-0.05, 0) is 18.1 Å². The highest BCUT2D eigenvalue weighted by Crippen LogP contribution is 2.21. The molecule has 2 aromatic rings. The van der Waals surface area contributed by atoms with Gasteiger partial charge in [0.15, 0.2) is 0 Å². The van der Waals surface area contributed by atoms with E-state index in [-0.39, 0.29) is 6.04 Å². The van der Waals surface area contributed by atoms with Crippen LogP contribution in [0.1, 0.15) is 11.4 Å². The molecule has 0 saturated heterocycles. The molecule has 3 rings (SSSR count). The summed E-state index contributed by atoms with van der Waals surface area (Å²) in [6.45, 7) is 0. The number of benzene rings is 1. The van der Waals surface area contributed by atoms with Crippen LogP contribution in [-0.2, 0) is 12.8 Å². The Bertz CT molecular complexity index is 489. The molecule has 0 amide bonds. The van der Waals surface area contributed by atoms with Crippen molar-refractivity contribution in [2.24, 2.45) is 5.73 Å². The van der Waals surface area contributed by atoms with Crippen LogP contribution in [0.25, 0.3) is 5.69 Å². The van der Waals surface area contributed by atoms with Crippen molar-refractivity contribution in [2.45, 2.75) is 18.9 Å². The van der Waals surface area contributed by atoms with Crippen LogP contribution in [0.2, 0.25) is 0 Å². The standard InChI is InChI=1S/C11H12N4/c12-9-5-8-3-1-2-4-10(8)15-7-13-14-11(15)6-9/h1-4,7,9H,5-6,12H2. The first kappa shape index (κ1) is 8.61. The van der Waals surface area contributed by atoms with E-state index >= 15 is 0 Å². The van der Waals surface area contributed by atoms with Gasteiger partial charge in [-0.15, -0.1) is 10.2 Å². The quantitative estimate of drug-likeness (QED) is 0.680. The summed E-state index contributed by atoms with van der Waals surface area (Å²) in [5, 5.41) is 8.04. The number of nitrogens with two attached hydrogens (primary N) is 1. The highest BCUT2D eigenvalue weighted by Gasteiger charge is 2.19. The van der Waals surface area contributed by atoms with Gasteiger partial charge in [0.1, 0.15) is 12.2 Å². The van der Waals surface area contributed by atoms with Crippen molar-refractivity contribution in [1.82, 2.24) is 14.8 Å². The average molecular weight is 200 g/mol. The zero-order valence-electron chi connectivity index (χ0n) is 8.30. The molecule has 1 aliphatic heterocycles. The van der Waals surface area contributed by atoms with Crippen molar-refractivity contribution >= 4 is 0 Å². The third-order valence-electron chi connectivity index (χ3n) is 2.80. The highest BCUT2D eigenvalue weighted by molar-refractivity contribution is 5.43. The van der Waals surface area contributed by atoms with E-state index in [1.807, 2.05) is 16.7 Å². The molecule has 1 aromatic heterocycles. The van der Waals surface area contributed by atoms with Gasteiger partial charge in [0.05, 0.1) is 5.69 Å². The van der Waals surface area contributed by atoms with Gasteiger partial charge in [-0.3, -0.25) is 4.57 Å². The van der Waals surface area contributed by atoms with Gasteiger partial charge >= 0.3 is 0 Å². The Balaban J connectivity index is 2.25. The third kappa shape index (κ3) is 1.34. The van der Waals surface area contributed by atoms with Gasteiger partial charge in [-0.2, -0.15) is 0 Å². The van der Waals surface area contributed by atoms with Crippen molar-refractivity contribution in [1.29, 1.82) is 0 Å². The van der Waals surface area contributed by atoms with Gasteiger partial charge < -0.3 is 5.73 Å². The second kappa shape index (κ2) is 3.17. The topological polar surface area (TPSA) is 56.7 Å². The van der Waals surface area contributed by atoms with Crippen molar-refractivity contribution < 1.29 is 0 Å². The second-order valence-corrected chi connectivity index (χ2v) is 3.91. The number of nitrogens with zero attached hydrogens (tertiary/aromatic N) is 3. The molecule has 0 spiro atoms. The molecule has 1 aromatic carbocycles. The molecule has 76 valence electrons. The number of rotatable bonds is 0. The minimum absolute atomic E-state index is 0.136. The lowest BCUT2D eigenvalue weighted by molar-refractivity contribution is 0.650. The van der Waals surface area contributed by atoms with Crippen LogP contribution >= 0.6 is 0 Å². The normalized spacial score (nSPS) is 19.1. The van der Waals surface area contributed by atoms with Crippen molar-refractivity contribution in [2.75, 3.05) is 0 Å². The molecule has 0 fully saturated rings. The number of hydrogen-bond acceptors (Lipinski definition) is 3. The fraction of sp³-hybridized carbons (Fsp3) is 0.273. The van der Waals surface area contributed by atoms with Crippen LogP contribution in [-0.4, -0.2) is 20.8 Å². The van der Waals surface area contributed by atoms with E-state index in [4.69, 9.17) is 5.73 Å².